The largest absolute Gasteiger partial charge is 0.505 e. The van der Waals surface area contributed by atoms with E-state index in [1.807, 2.05) is 0 Å². The van der Waals surface area contributed by atoms with Gasteiger partial charge in [0, 0.05) is 0 Å². The average molecular weight is 377 g/mol. The van der Waals surface area contributed by atoms with Gasteiger partial charge in [-0.25, -0.2) is 0 Å². The Bertz CT molecular complexity index is 322. The lowest BCUT2D eigenvalue weighted by atomic mass is 10.3. The second-order valence-corrected chi connectivity index (χ2v) is 4.55. The summed E-state index contributed by atoms with van der Waals surface area (Å²) in [5.41, 5.74) is 0. The molecule has 0 amide bonds. The zero-order valence-corrected chi connectivity index (χ0v) is 11.2. The molecule has 1 aromatic carbocycles. The molecule has 2 N–H and O–H groups in total. The van der Waals surface area contributed by atoms with Crippen LogP contribution in [0.25, 0.3) is 0 Å². The van der Waals surface area contributed by atoms with Crippen molar-refractivity contribution in [1.82, 2.24) is 0 Å². The highest BCUT2D eigenvalue weighted by atomic mass is 79.9. The highest BCUT2D eigenvalue weighted by Gasteiger charge is 2.19. The highest BCUT2D eigenvalue weighted by Crippen LogP contribution is 2.50. The summed E-state index contributed by atoms with van der Waals surface area (Å²) < 4.78 is 5.92. The Morgan fingerprint density at radius 2 is 1.38 bits per heavy atom. The van der Waals surface area contributed by atoms with Crippen LogP contribution in [0.5, 0.6) is 17.2 Å². The minimum atomic E-state index is -0.0703. The topological polar surface area (TPSA) is 49.7 Å². The van der Waals surface area contributed by atoms with Gasteiger partial charge in [-0.05, 0) is 47.8 Å². The van der Waals surface area contributed by atoms with E-state index in [9.17, 15) is 10.2 Å². The molecule has 0 fully saturated rings. The number of hydrogen-bond acceptors (Lipinski definition) is 3. The van der Waals surface area contributed by atoms with Gasteiger partial charge in [-0.1, -0.05) is 0 Å². The number of ether oxygens (including phenoxy) is 1. The van der Waals surface area contributed by atoms with Gasteiger partial charge in [0.2, 0.25) is 0 Å². The summed E-state index contributed by atoms with van der Waals surface area (Å²) in [6, 6.07) is 0. The standard InChI is InChI=1S/C7H5Br3O3/c1-13-7-4(10)5(11)2(8)3(9)6(7)12/h11-12H,1H3. The van der Waals surface area contributed by atoms with Crippen LogP contribution in [0.2, 0.25) is 0 Å². The Morgan fingerprint density at radius 1 is 0.923 bits per heavy atom. The molecule has 0 aliphatic rings. The van der Waals surface area contributed by atoms with Gasteiger partial charge >= 0.3 is 0 Å². The van der Waals surface area contributed by atoms with Gasteiger partial charge in [0.05, 0.1) is 16.1 Å². The molecule has 13 heavy (non-hydrogen) atoms. The fraction of sp³-hybridized carbons (Fsp3) is 0.143. The summed E-state index contributed by atoms with van der Waals surface area (Å²) in [5.74, 6) is 0.0909. The lowest BCUT2D eigenvalue weighted by Gasteiger charge is -2.11. The Morgan fingerprint density at radius 3 is 1.85 bits per heavy atom. The predicted molar refractivity (Wildman–Crippen MR) is 59.4 cm³/mol. The second-order valence-electron chi connectivity index (χ2n) is 2.17. The molecule has 6 heteroatoms. The summed E-state index contributed by atoms with van der Waals surface area (Å²) in [4.78, 5) is 0. The second kappa shape index (κ2) is 4.06. The number of phenolic OH excluding ortho intramolecular Hbond substituents is 2. The van der Waals surface area contributed by atoms with Gasteiger partial charge in [-0.3, -0.25) is 0 Å². The number of rotatable bonds is 1. The minimum Gasteiger partial charge on any atom is -0.505 e. The Hall–Kier alpha value is 0.0600. The molecule has 0 bridgehead atoms. The molecule has 0 saturated heterocycles. The normalized spacial score (nSPS) is 10.2. The van der Waals surface area contributed by atoms with Crippen molar-refractivity contribution in [3.63, 3.8) is 0 Å². The third-order valence-electron chi connectivity index (χ3n) is 1.43. The third kappa shape index (κ3) is 1.80. The summed E-state index contributed by atoms with van der Waals surface area (Å²) >= 11 is 9.29. The predicted octanol–water partition coefficient (Wildman–Crippen LogP) is 3.39. The van der Waals surface area contributed by atoms with Crippen LogP contribution < -0.4 is 4.74 Å². The highest BCUT2D eigenvalue weighted by molar-refractivity contribution is 9.13. The van der Waals surface area contributed by atoms with E-state index < -0.39 is 0 Å². The lowest BCUT2D eigenvalue weighted by molar-refractivity contribution is 0.362. The summed E-state index contributed by atoms with van der Waals surface area (Å²) in [5, 5.41) is 19.0. The molecular formula is C7H5Br3O3. The molecule has 0 aromatic heterocycles. The van der Waals surface area contributed by atoms with Crippen molar-refractivity contribution in [2.24, 2.45) is 0 Å². The maximum atomic E-state index is 9.54. The quantitative estimate of drug-likeness (QED) is 0.583. The van der Waals surface area contributed by atoms with Gasteiger partial charge in [-0.2, -0.15) is 0 Å². The first kappa shape index (κ1) is 11.1. The van der Waals surface area contributed by atoms with Crippen LogP contribution in [-0.4, -0.2) is 17.3 Å². The van der Waals surface area contributed by atoms with E-state index in [1.54, 1.807) is 0 Å². The van der Waals surface area contributed by atoms with E-state index in [0.717, 1.165) is 0 Å². The molecule has 0 spiro atoms. The minimum absolute atomic E-state index is 0.0264. The Balaban J connectivity index is 3.56. The van der Waals surface area contributed by atoms with E-state index in [-0.39, 0.29) is 17.2 Å². The van der Waals surface area contributed by atoms with Crippen LogP contribution in [0.1, 0.15) is 0 Å². The maximum Gasteiger partial charge on any atom is 0.179 e. The van der Waals surface area contributed by atoms with Gasteiger partial charge in [-0.15, -0.1) is 0 Å². The summed E-state index contributed by atoms with van der Waals surface area (Å²) in [7, 11) is 1.40. The maximum absolute atomic E-state index is 9.54. The van der Waals surface area contributed by atoms with Crippen molar-refractivity contribution >= 4 is 47.8 Å². The molecule has 0 saturated carbocycles. The van der Waals surface area contributed by atoms with Crippen molar-refractivity contribution in [1.29, 1.82) is 0 Å². The molecule has 0 radical (unpaired) electrons. The van der Waals surface area contributed by atoms with Crippen LogP contribution in [-0.2, 0) is 0 Å². The van der Waals surface area contributed by atoms with Gasteiger partial charge in [0.25, 0.3) is 0 Å². The number of phenols is 2. The fourth-order valence-electron chi connectivity index (χ4n) is 0.802. The van der Waals surface area contributed by atoms with Crippen LogP contribution in [0.15, 0.2) is 13.4 Å². The molecule has 0 heterocycles. The van der Waals surface area contributed by atoms with Crippen LogP contribution >= 0.6 is 47.8 Å². The number of halogens is 3. The molecule has 3 nitrogen and oxygen atoms in total. The van der Waals surface area contributed by atoms with Crippen molar-refractivity contribution in [2.45, 2.75) is 0 Å². The van der Waals surface area contributed by atoms with Crippen LogP contribution in [0, 0.1) is 0 Å². The number of aromatic hydroxyl groups is 2. The van der Waals surface area contributed by atoms with E-state index >= 15 is 0 Å². The number of hydrogen-bond donors (Lipinski definition) is 2. The monoisotopic (exact) mass is 374 g/mol. The van der Waals surface area contributed by atoms with E-state index in [2.05, 4.69) is 47.8 Å². The third-order valence-corrected chi connectivity index (χ3v) is 4.25. The number of benzene rings is 1. The molecule has 1 rings (SSSR count). The van der Waals surface area contributed by atoms with Crippen molar-refractivity contribution in [3.8, 4) is 17.2 Å². The fourth-order valence-corrected chi connectivity index (χ4v) is 2.37. The molecule has 72 valence electrons. The molecule has 0 atom stereocenters. The van der Waals surface area contributed by atoms with E-state index in [0.29, 0.717) is 13.4 Å². The lowest BCUT2D eigenvalue weighted by Crippen LogP contribution is -1.88. The summed E-state index contributed by atoms with van der Waals surface area (Å²) in [6.45, 7) is 0. The Labute approximate surface area is 100 Å². The molecule has 1 aromatic rings. The van der Waals surface area contributed by atoms with E-state index in [1.165, 1.54) is 7.11 Å². The van der Waals surface area contributed by atoms with E-state index in [4.69, 9.17) is 4.74 Å². The van der Waals surface area contributed by atoms with Gasteiger partial charge < -0.3 is 14.9 Å². The zero-order valence-electron chi connectivity index (χ0n) is 6.44. The molecule has 0 unspecified atom stereocenters. The smallest absolute Gasteiger partial charge is 0.179 e. The first-order valence-electron chi connectivity index (χ1n) is 3.13. The van der Waals surface area contributed by atoms with Crippen molar-refractivity contribution < 1.29 is 14.9 Å². The van der Waals surface area contributed by atoms with Gasteiger partial charge in [0.1, 0.15) is 10.2 Å². The SMILES string of the molecule is COc1c(O)c(Br)c(Br)c(O)c1Br. The zero-order chi connectivity index (χ0) is 10.2. The van der Waals surface area contributed by atoms with Crippen molar-refractivity contribution in [2.75, 3.05) is 7.11 Å². The molecule has 0 aliphatic carbocycles. The van der Waals surface area contributed by atoms with Crippen molar-refractivity contribution in [3.05, 3.63) is 13.4 Å². The number of methoxy groups -OCH3 is 1. The molecule has 0 aliphatic heterocycles. The van der Waals surface area contributed by atoms with Crippen LogP contribution in [0.3, 0.4) is 0 Å². The first-order valence-corrected chi connectivity index (χ1v) is 5.51. The first-order chi connectivity index (χ1) is 6.00. The molecular weight excluding hydrogens is 372 g/mol. The summed E-state index contributed by atoms with van der Waals surface area (Å²) in [6.07, 6.45) is 0. The van der Waals surface area contributed by atoms with Crippen LogP contribution in [0.4, 0.5) is 0 Å². The average Bonchev–Trinajstić information content (AvgIpc) is 2.13. The Kier molecular flexibility index (Phi) is 3.48. The van der Waals surface area contributed by atoms with Gasteiger partial charge in [0.15, 0.2) is 11.5 Å².